The number of rotatable bonds is 11. The number of allylic oxidation sites excluding steroid dienone is 2. The Hall–Kier alpha value is -0.296. The van der Waals surface area contributed by atoms with E-state index in [-0.39, 0.29) is 16.5 Å². The van der Waals surface area contributed by atoms with Crippen molar-refractivity contribution < 1.29 is 26.4 Å². The molecule has 0 fully saturated rings. The zero-order valence-electron chi connectivity index (χ0n) is 10.9. The first-order valence-electron chi connectivity index (χ1n) is 6.64. The smallest absolute Gasteiger partial charge is 0.303 e. The number of hydrogen-bond acceptors (Lipinski definition) is 1. The molecule has 0 unspecified atom stereocenters. The Morgan fingerprint density at radius 2 is 1.47 bits per heavy atom. The standard InChI is InChI=1S/C14H26O2.Ni/c1-2-3-4-5-6-7-8-9-10-11-12-13-14(15)16;/h5-6H,2-4,7-13H2,1H3,(H,15,16);/b6-5-;. The molecule has 17 heavy (non-hydrogen) atoms. The molecule has 0 bridgehead atoms. The molecule has 0 rings (SSSR count). The summed E-state index contributed by atoms with van der Waals surface area (Å²) < 4.78 is 0. The van der Waals surface area contributed by atoms with Crippen molar-refractivity contribution in [2.45, 2.75) is 71.1 Å². The van der Waals surface area contributed by atoms with E-state index in [4.69, 9.17) is 5.11 Å². The Bertz CT molecular complexity index is 191. The number of carboxylic acid groups (broad SMARTS) is 1. The van der Waals surface area contributed by atoms with Crippen molar-refractivity contribution in [3.63, 3.8) is 0 Å². The molecule has 0 atom stereocenters. The van der Waals surface area contributed by atoms with Crippen molar-refractivity contribution in [3.05, 3.63) is 12.2 Å². The molecule has 1 N–H and O–H groups in total. The van der Waals surface area contributed by atoms with E-state index in [0.29, 0.717) is 6.42 Å². The second-order valence-corrected chi connectivity index (χ2v) is 4.31. The molecule has 3 heteroatoms. The van der Waals surface area contributed by atoms with Crippen molar-refractivity contribution in [2.24, 2.45) is 0 Å². The molecule has 0 spiro atoms. The molecule has 0 aromatic carbocycles. The quantitative estimate of drug-likeness (QED) is 0.343. The van der Waals surface area contributed by atoms with Gasteiger partial charge in [0, 0.05) is 22.9 Å². The van der Waals surface area contributed by atoms with Gasteiger partial charge in [-0.15, -0.1) is 0 Å². The molecule has 2 nitrogen and oxygen atoms in total. The van der Waals surface area contributed by atoms with E-state index in [1.54, 1.807) is 0 Å². The van der Waals surface area contributed by atoms with Gasteiger partial charge in [-0.2, -0.15) is 0 Å². The molecule has 0 aliphatic carbocycles. The van der Waals surface area contributed by atoms with E-state index in [2.05, 4.69) is 19.1 Å². The molecule has 0 radical (unpaired) electrons. The first kappa shape index (κ1) is 19.1. The fraction of sp³-hybridized carbons (Fsp3) is 0.786. The molecule has 0 aromatic rings. The Labute approximate surface area is 116 Å². The summed E-state index contributed by atoms with van der Waals surface area (Å²) in [7, 11) is 0. The van der Waals surface area contributed by atoms with Crippen LogP contribution in [0.4, 0.5) is 0 Å². The summed E-state index contributed by atoms with van der Waals surface area (Å²) >= 11 is 0. The van der Waals surface area contributed by atoms with Crippen LogP contribution in [0.1, 0.15) is 71.1 Å². The third-order valence-electron chi connectivity index (χ3n) is 2.65. The third-order valence-corrected chi connectivity index (χ3v) is 2.65. The second kappa shape index (κ2) is 15.7. The van der Waals surface area contributed by atoms with Crippen LogP contribution < -0.4 is 0 Å². The van der Waals surface area contributed by atoms with Gasteiger partial charge in [0.15, 0.2) is 0 Å². The third kappa shape index (κ3) is 18.3. The maximum absolute atomic E-state index is 10.3. The Balaban J connectivity index is 0. The summed E-state index contributed by atoms with van der Waals surface area (Å²) in [6.07, 6.45) is 15.4. The van der Waals surface area contributed by atoms with Crippen LogP contribution in [0.5, 0.6) is 0 Å². The van der Waals surface area contributed by atoms with Gasteiger partial charge in [0.05, 0.1) is 0 Å². The molecule has 0 amide bonds. The van der Waals surface area contributed by atoms with Crippen LogP contribution in [0.25, 0.3) is 0 Å². The van der Waals surface area contributed by atoms with E-state index in [1.807, 2.05) is 0 Å². The van der Waals surface area contributed by atoms with Crippen molar-refractivity contribution >= 4 is 5.97 Å². The van der Waals surface area contributed by atoms with Gasteiger partial charge in [-0.05, 0) is 25.7 Å². The zero-order chi connectivity index (χ0) is 12.1. The second-order valence-electron chi connectivity index (χ2n) is 4.31. The van der Waals surface area contributed by atoms with Gasteiger partial charge in [0.2, 0.25) is 0 Å². The molecule has 0 saturated carbocycles. The number of carbonyl (C=O) groups is 1. The van der Waals surface area contributed by atoms with E-state index in [1.165, 1.54) is 44.9 Å². The van der Waals surface area contributed by atoms with Crippen LogP contribution in [0.3, 0.4) is 0 Å². The van der Waals surface area contributed by atoms with E-state index in [0.717, 1.165) is 12.8 Å². The number of aliphatic carboxylic acids is 1. The molecule has 104 valence electrons. The maximum Gasteiger partial charge on any atom is 0.303 e. The summed E-state index contributed by atoms with van der Waals surface area (Å²) in [5, 5.41) is 8.45. The van der Waals surface area contributed by atoms with E-state index >= 15 is 0 Å². The normalized spacial score (nSPS) is 10.4. The first-order chi connectivity index (χ1) is 7.77. The van der Waals surface area contributed by atoms with Crippen LogP contribution in [-0.4, -0.2) is 11.1 Å². The van der Waals surface area contributed by atoms with Crippen LogP contribution in [0, 0.1) is 0 Å². The number of carboxylic acids is 1. The Morgan fingerprint density at radius 3 is 2.06 bits per heavy atom. The number of hydrogen-bond donors (Lipinski definition) is 1. The largest absolute Gasteiger partial charge is 0.481 e. The minimum absolute atomic E-state index is 0. The van der Waals surface area contributed by atoms with E-state index in [9.17, 15) is 4.79 Å². The van der Waals surface area contributed by atoms with Gasteiger partial charge >= 0.3 is 5.97 Å². The fourth-order valence-corrected chi connectivity index (χ4v) is 1.63. The molecular formula is C14H26NiO2. The average molecular weight is 285 g/mol. The summed E-state index contributed by atoms with van der Waals surface area (Å²) in [6, 6.07) is 0. The molecule has 0 aromatic heterocycles. The summed E-state index contributed by atoms with van der Waals surface area (Å²) in [5.41, 5.74) is 0. The summed E-state index contributed by atoms with van der Waals surface area (Å²) in [4.78, 5) is 10.3. The fourth-order valence-electron chi connectivity index (χ4n) is 1.63. The molecule has 0 aliphatic rings. The van der Waals surface area contributed by atoms with E-state index < -0.39 is 5.97 Å². The van der Waals surface area contributed by atoms with Gasteiger partial charge in [-0.3, -0.25) is 4.79 Å². The summed E-state index contributed by atoms with van der Waals surface area (Å²) in [5.74, 6) is -0.668. The predicted molar refractivity (Wildman–Crippen MR) is 68.6 cm³/mol. The minimum Gasteiger partial charge on any atom is -0.481 e. The number of unbranched alkanes of at least 4 members (excludes halogenated alkanes) is 7. The van der Waals surface area contributed by atoms with Gasteiger partial charge in [-0.1, -0.05) is 51.2 Å². The molecule has 0 aliphatic heterocycles. The van der Waals surface area contributed by atoms with Crippen molar-refractivity contribution in [1.82, 2.24) is 0 Å². The van der Waals surface area contributed by atoms with Crippen molar-refractivity contribution in [1.29, 1.82) is 0 Å². The van der Waals surface area contributed by atoms with Gasteiger partial charge in [0.25, 0.3) is 0 Å². The zero-order valence-corrected chi connectivity index (χ0v) is 11.9. The van der Waals surface area contributed by atoms with Gasteiger partial charge in [-0.25, -0.2) is 0 Å². The SMILES string of the molecule is CCCC/C=C\CCCCCCCC(=O)O.[Ni]. The van der Waals surface area contributed by atoms with Crippen LogP contribution in [-0.2, 0) is 21.3 Å². The van der Waals surface area contributed by atoms with Crippen LogP contribution >= 0.6 is 0 Å². The monoisotopic (exact) mass is 284 g/mol. The van der Waals surface area contributed by atoms with Gasteiger partial charge < -0.3 is 5.11 Å². The molecule has 0 heterocycles. The van der Waals surface area contributed by atoms with Crippen LogP contribution in [0.15, 0.2) is 12.2 Å². The molecular weight excluding hydrogens is 259 g/mol. The van der Waals surface area contributed by atoms with Crippen molar-refractivity contribution in [2.75, 3.05) is 0 Å². The minimum atomic E-state index is -0.668. The summed E-state index contributed by atoms with van der Waals surface area (Å²) in [6.45, 7) is 2.21. The Kier molecular flexibility index (Phi) is 17.6. The van der Waals surface area contributed by atoms with Gasteiger partial charge in [0.1, 0.15) is 0 Å². The van der Waals surface area contributed by atoms with Crippen LogP contribution in [0.2, 0.25) is 0 Å². The molecule has 0 saturated heterocycles. The van der Waals surface area contributed by atoms with Crippen molar-refractivity contribution in [3.8, 4) is 0 Å². The predicted octanol–water partition coefficient (Wildman–Crippen LogP) is 4.55. The topological polar surface area (TPSA) is 37.3 Å². The average Bonchev–Trinajstić information content (AvgIpc) is 2.25. The Morgan fingerprint density at radius 1 is 0.941 bits per heavy atom. The first-order valence-corrected chi connectivity index (χ1v) is 6.64. The maximum atomic E-state index is 10.3.